The molecule has 0 aliphatic heterocycles. The first kappa shape index (κ1) is 13.1. The van der Waals surface area contributed by atoms with E-state index in [0.29, 0.717) is 17.2 Å². The largest absolute Gasteiger partial charge is 0.497 e. The standard InChI is InChI=1S/C15H13FN4O/c1-21-13-7-5-10(6-8-13)14-15(17)20(19-18-14)12-4-2-3-11(16)9-12/h2-9H,17H2,1H3. The third kappa shape index (κ3) is 2.43. The van der Waals surface area contributed by atoms with Gasteiger partial charge in [-0.25, -0.2) is 4.39 Å². The van der Waals surface area contributed by atoms with Crippen LogP contribution in [0.3, 0.4) is 0 Å². The maximum Gasteiger partial charge on any atom is 0.155 e. The van der Waals surface area contributed by atoms with Crippen molar-refractivity contribution >= 4 is 5.82 Å². The Morgan fingerprint density at radius 2 is 1.90 bits per heavy atom. The van der Waals surface area contributed by atoms with Crippen LogP contribution in [-0.4, -0.2) is 22.1 Å². The van der Waals surface area contributed by atoms with Crippen molar-refractivity contribution in [3.8, 4) is 22.7 Å². The highest BCUT2D eigenvalue weighted by Crippen LogP contribution is 2.26. The molecule has 6 heteroatoms. The number of aromatic nitrogens is 3. The van der Waals surface area contributed by atoms with Crippen molar-refractivity contribution in [2.45, 2.75) is 0 Å². The number of nitrogens with two attached hydrogens (primary N) is 1. The average Bonchev–Trinajstić information content (AvgIpc) is 2.89. The Kier molecular flexibility index (Phi) is 3.27. The summed E-state index contributed by atoms with van der Waals surface area (Å²) in [6.07, 6.45) is 0. The van der Waals surface area contributed by atoms with Gasteiger partial charge in [0.1, 0.15) is 17.3 Å². The minimum atomic E-state index is -0.353. The molecular weight excluding hydrogens is 271 g/mol. The fraction of sp³-hybridized carbons (Fsp3) is 0.0667. The van der Waals surface area contributed by atoms with Crippen LogP contribution >= 0.6 is 0 Å². The molecule has 3 aromatic rings. The minimum absolute atomic E-state index is 0.353. The van der Waals surface area contributed by atoms with Gasteiger partial charge in [-0.3, -0.25) is 0 Å². The Morgan fingerprint density at radius 1 is 1.14 bits per heavy atom. The van der Waals surface area contributed by atoms with E-state index in [2.05, 4.69) is 10.3 Å². The van der Waals surface area contributed by atoms with Crippen molar-refractivity contribution in [1.29, 1.82) is 0 Å². The Hall–Kier alpha value is -2.89. The molecule has 0 unspecified atom stereocenters. The van der Waals surface area contributed by atoms with Gasteiger partial charge in [0, 0.05) is 5.56 Å². The molecular formula is C15H13FN4O. The van der Waals surface area contributed by atoms with Crippen molar-refractivity contribution in [2.24, 2.45) is 0 Å². The van der Waals surface area contributed by atoms with E-state index >= 15 is 0 Å². The van der Waals surface area contributed by atoms with Gasteiger partial charge in [-0.1, -0.05) is 11.3 Å². The number of hydrogen-bond donors (Lipinski definition) is 1. The van der Waals surface area contributed by atoms with Gasteiger partial charge < -0.3 is 10.5 Å². The van der Waals surface area contributed by atoms with Crippen molar-refractivity contribution in [2.75, 3.05) is 12.8 Å². The second-order valence-electron chi connectivity index (χ2n) is 4.44. The summed E-state index contributed by atoms with van der Waals surface area (Å²) >= 11 is 0. The molecule has 0 bridgehead atoms. The highest BCUT2D eigenvalue weighted by Gasteiger charge is 2.13. The summed E-state index contributed by atoms with van der Waals surface area (Å²) in [6, 6.07) is 13.3. The highest BCUT2D eigenvalue weighted by molar-refractivity contribution is 5.71. The molecule has 5 nitrogen and oxygen atoms in total. The molecule has 106 valence electrons. The van der Waals surface area contributed by atoms with Gasteiger partial charge in [-0.15, -0.1) is 5.10 Å². The number of methoxy groups -OCH3 is 1. The molecule has 1 heterocycles. The van der Waals surface area contributed by atoms with Crippen LogP contribution in [0.25, 0.3) is 16.9 Å². The first-order chi connectivity index (χ1) is 10.2. The van der Waals surface area contributed by atoms with E-state index in [-0.39, 0.29) is 5.82 Å². The number of halogens is 1. The predicted octanol–water partition coefficient (Wildman–Crippen LogP) is 2.66. The van der Waals surface area contributed by atoms with E-state index in [1.54, 1.807) is 19.2 Å². The molecule has 3 rings (SSSR count). The molecule has 0 spiro atoms. The fourth-order valence-corrected chi connectivity index (χ4v) is 2.04. The third-order valence-corrected chi connectivity index (χ3v) is 3.12. The lowest BCUT2D eigenvalue weighted by molar-refractivity contribution is 0.415. The Bertz CT molecular complexity index is 768. The molecule has 0 saturated heterocycles. The number of nitrogens with zero attached hydrogens (tertiary/aromatic N) is 3. The lowest BCUT2D eigenvalue weighted by Gasteiger charge is -2.04. The monoisotopic (exact) mass is 284 g/mol. The van der Waals surface area contributed by atoms with Crippen molar-refractivity contribution in [3.63, 3.8) is 0 Å². The molecule has 0 aliphatic rings. The van der Waals surface area contributed by atoms with Crippen LogP contribution in [0, 0.1) is 5.82 Å². The van der Waals surface area contributed by atoms with E-state index in [1.165, 1.54) is 16.8 Å². The summed E-state index contributed by atoms with van der Waals surface area (Å²) in [5, 5.41) is 8.06. The average molecular weight is 284 g/mol. The van der Waals surface area contributed by atoms with Crippen LogP contribution in [0.1, 0.15) is 0 Å². The van der Waals surface area contributed by atoms with Gasteiger partial charge in [0.25, 0.3) is 0 Å². The number of ether oxygens (including phenoxy) is 1. The number of rotatable bonds is 3. The van der Waals surface area contributed by atoms with Gasteiger partial charge >= 0.3 is 0 Å². The predicted molar refractivity (Wildman–Crippen MR) is 77.7 cm³/mol. The second-order valence-corrected chi connectivity index (χ2v) is 4.44. The van der Waals surface area contributed by atoms with Crippen molar-refractivity contribution in [3.05, 3.63) is 54.3 Å². The van der Waals surface area contributed by atoms with Gasteiger partial charge in [0.15, 0.2) is 5.82 Å². The lowest BCUT2D eigenvalue weighted by atomic mass is 10.1. The second kappa shape index (κ2) is 5.24. The Labute approximate surface area is 120 Å². The molecule has 2 N–H and O–H groups in total. The van der Waals surface area contributed by atoms with Crippen LogP contribution in [0.5, 0.6) is 5.75 Å². The van der Waals surface area contributed by atoms with Gasteiger partial charge in [0.2, 0.25) is 0 Å². The van der Waals surface area contributed by atoms with Crippen molar-refractivity contribution in [1.82, 2.24) is 15.0 Å². The van der Waals surface area contributed by atoms with E-state index in [0.717, 1.165) is 11.3 Å². The SMILES string of the molecule is COc1ccc(-c2nnn(-c3cccc(F)c3)c2N)cc1. The van der Waals surface area contributed by atoms with Crippen LogP contribution in [0.4, 0.5) is 10.2 Å². The van der Waals surface area contributed by atoms with Gasteiger partial charge in [-0.2, -0.15) is 4.68 Å². The molecule has 0 atom stereocenters. The Balaban J connectivity index is 2.02. The van der Waals surface area contributed by atoms with E-state index in [4.69, 9.17) is 10.5 Å². The Morgan fingerprint density at radius 3 is 2.57 bits per heavy atom. The summed E-state index contributed by atoms with van der Waals surface area (Å²) in [7, 11) is 1.60. The zero-order valence-electron chi connectivity index (χ0n) is 11.3. The lowest BCUT2D eigenvalue weighted by Crippen LogP contribution is -2.02. The smallest absolute Gasteiger partial charge is 0.155 e. The van der Waals surface area contributed by atoms with E-state index in [1.807, 2.05) is 24.3 Å². The number of benzene rings is 2. The topological polar surface area (TPSA) is 66.0 Å². The quantitative estimate of drug-likeness (QED) is 0.803. The van der Waals surface area contributed by atoms with E-state index < -0.39 is 0 Å². The van der Waals surface area contributed by atoms with Crippen LogP contribution < -0.4 is 10.5 Å². The molecule has 0 amide bonds. The van der Waals surface area contributed by atoms with Crippen LogP contribution in [0.2, 0.25) is 0 Å². The first-order valence-electron chi connectivity index (χ1n) is 6.30. The normalized spacial score (nSPS) is 10.6. The fourth-order valence-electron chi connectivity index (χ4n) is 2.04. The third-order valence-electron chi connectivity index (χ3n) is 3.12. The van der Waals surface area contributed by atoms with Crippen LogP contribution in [0.15, 0.2) is 48.5 Å². The summed E-state index contributed by atoms with van der Waals surface area (Å²) in [5.41, 5.74) is 7.96. The molecule has 1 aromatic heterocycles. The molecule has 0 fully saturated rings. The molecule has 0 radical (unpaired) electrons. The number of hydrogen-bond acceptors (Lipinski definition) is 4. The van der Waals surface area contributed by atoms with E-state index in [9.17, 15) is 4.39 Å². The molecule has 0 aliphatic carbocycles. The molecule has 2 aromatic carbocycles. The maximum absolute atomic E-state index is 13.3. The van der Waals surface area contributed by atoms with Gasteiger partial charge in [0.05, 0.1) is 12.8 Å². The molecule has 0 saturated carbocycles. The summed E-state index contributed by atoms with van der Waals surface area (Å²) in [6.45, 7) is 0. The van der Waals surface area contributed by atoms with Crippen LogP contribution in [-0.2, 0) is 0 Å². The number of nitrogen functional groups attached to an aromatic ring is 1. The number of anilines is 1. The summed E-state index contributed by atoms with van der Waals surface area (Å²) in [5.74, 6) is 0.744. The summed E-state index contributed by atoms with van der Waals surface area (Å²) in [4.78, 5) is 0. The van der Waals surface area contributed by atoms with Gasteiger partial charge in [-0.05, 0) is 42.5 Å². The first-order valence-corrected chi connectivity index (χ1v) is 6.30. The minimum Gasteiger partial charge on any atom is -0.497 e. The zero-order valence-corrected chi connectivity index (χ0v) is 11.3. The highest BCUT2D eigenvalue weighted by atomic mass is 19.1. The zero-order chi connectivity index (χ0) is 14.8. The summed E-state index contributed by atoms with van der Waals surface area (Å²) < 4.78 is 19.8. The molecule has 21 heavy (non-hydrogen) atoms. The maximum atomic E-state index is 13.3. The van der Waals surface area contributed by atoms with Crippen molar-refractivity contribution < 1.29 is 9.13 Å².